The number of rotatable bonds is 5. The SMILES string of the molecule is C#CC1(NC(=O)c2csc(C3CCN(C(=O)c4cc(OC)c5ccccc5n4)CC3)n2)CCCCC1. The predicted octanol–water partition coefficient (Wildman–Crippen LogP) is 4.79. The number of amides is 2. The second-order valence-corrected chi connectivity index (χ2v) is 10.5. The first-order valence-electron chi connectivity index (χ1n) is 12.5. The average Bonchev–Trinajstić information content (AvgIpc) is 3.43. The van der Waals surface area contributed by atoms with Gasteiger partial charge in [0.05, 0.1) is 17.6 Å². The normalized spacial score (nSPS) is 17.9. The molecule has 0 bridgehead atoms. The highest BCUT2D eigenvalue weighted by Crippen LogP contribution is 2.33. The van der Waals surface area contributed by atoms with Gasteiger partial charge < -0.3 is 15.0 Å². The van der Waals surface area contributed by atoms with Crippen molar-refractivity contribution in [3.63, 3.8) is 0 Å². The summed E-state index contributed by atoms with van der Waals surface area (Å²) in [6.45, 7) is 1.23. The lowest BCUT2D eigenvalue weighted by Gasteiger charge is -2.33. The topological polar surface area (TPSA) is 84.4 Å². The number of pyridine rings is 1. The van der Waals surface area contributed by atoms with E-state index in [1.807, 2.05) is 34.5 Å². The number of carbonyl (C=O) groups excluding carboxylic acids is 2. The first-order chi connectivity index (χ1) is 17.5. The molecule has 36 heavy (non-hydrogen) atoms. The van der Waals surface area contributed by atoms with E-state index in [1.54, 1.807) is 13.2 Å². The van der Waals surface area contributed by atoms with Gasteiger partial charge in [0.1, 0.15) is 22.7 Å². The van der Waals surface area contributed by atoms with Crippen LogP contribution in [0.3, 0.4) is 0 Å². The summed E-state index contributed by atoms with van der Waals surface area (Å²) in [4.78, 5) is 37.2. The van der Waals surface area contributed by atoms with Crippen molar-refractivity contribution >= 4 is 34.1 Å². The largest absolute Gasteiger partial charge is 0.496 e. The molecule has 0 unspecified atom stereocenters. The number of hydrogen-bond donors (Lipinski definition) is 1. The number of methoxy groups -OCH3 is 1. The molecule has 1 aliphatic heterocycles. The van der Waals surface area contributed by atoms with E-state index in [9.17, 15) is 9.59 Å². The van der Waals surface area contributed by atoms with E-state index in [4.69, 9.17) is 11.2 Å². The number of likely N-dealkylation sites (tertiary alicyclic amines) is 1. The fraction of sp³-hybridized carbons (Fsp3) is 0.429. The lowest BCUT2D eigenvalue weighted by atomic mass is 9.82. The van der Waals surface area contributed by atoms with Crippen LogP contribution < -0.4 is 10.1 Å². The van der Waals surface area contributed by atoms with Gasteiger partial charge in [-0.05, 0) is 37.8 Å². The Hall–Kier alpha value is -3.44. The third-order valence-electron chi connectivity index (χ3n) is 7.34. The molecule has 1 saturated heterocycles. The molecule has 0 spiro atoms. The Morgan fingerprint density at radius 1 is 1.14 bits per heavy atom. The summed E-state index contributed by atoms with van der Waals surface area (Å²) >= 11 is 1.51. The van der Waals surface area contributed by atoms with Crippen LogP contribution in [-0.2, 0) is 0 Å². The molecule has 8 heteroatoms. The minimum absolute atomic E-state index is 0.0937. The van der Waals surface area contributed by atoms with E-state index in [1.165, 1.54) is 11.3 Å². The average molecular weight is 503 g/mol. The Kier molecular flexibility index (Phi) is 6.92. The molecule has 0 radical (unpaired) electrons. The summed E-state index contributed by atoms with van der Waals surface area (Å²) in [7, 11) is 1.60. The van der Waals surface area contributed by atoms with E-state index in [-0.39, 0.29) is 17.7 Å². The van der Waals surface area contributed by atoms with Crippen LogP contribution in [0.5, 0.6) is 5.75 Å². The van der Waals surface area contributed by atoms with Crippen molar-refractivity contribution in [1.82, 2.24) is 20.2 Å². The minimum atomic E-state index is -0.551. The second-order valence-electron chi connectivity index (χ2n) is 9.61. The van der Waals surface area contributed by atoms with Gasteiger partial charge in [-0.3, -0.25) is 9.59 Å². The number of nitrogens with one attached hydrogen (secondary N) is 1. The molecular formula is C28H30N4O3S. The second kappa shape index (κ2) is 10.3. The van der Waals surface area contributed by atoms with Crippen LogP contribution in [0.15, 0.2) is 35.7 Å². The molecule has 1 saturated carbocycles. The molecular weight excluding hydrogens is 472 g/mol. The number of thiazole rings is 1. The van der Waals surface area contributed by atoms with Crippen molar-refractivity contribution in [2.24, 2.45) is 0 Å². The summed E-state index contributed by atoms with van der Waals surface area (Å²) in [5, 5.41) is 6.72. The zero-order valence-corrected chi connectivity index (χ0v) is 21.3. The number of benzene rings is 1. The summed E-state index contributed by atoms with van der Waals surface area (Å²) in [6, 6.07) is 9.37. The Labute approximate surface area is 215 Å². The first kappa shape index (κ1) is 24.3. The van der Waals surface area contributed by atoms with Crippen molar-refractivity contribution in [2.45, 2.75) is 56.4 Å². The lowest BCUT2D eigenvalue weighted by Crippen LogP contribution is -2.48. The lowest BCUT2D eigenvalue weighted by molar-refractivity contribution is 0.0707. The number of hydrogen-bond acceptors (Lipinski definition) is 6. The number of carbonyl (C=O) groups is 2. The summed E-state index contributed by atoms with van der Waals surface area (Å²) in [6.07, 6.45) is 12.2. The van der Waals surface area contributed by atoms with Gasteiger partial charge >= 0.3 is 0 Å². The monoisotopic (exact) mass is 502 g/mol. The third-order valence-corrected chi connectivity index (χ3v) is 8.35. The molecule has 5 rings (SSSR count). The van der Waals surface area contributed by atoms with Gasteiger partial charge in [0.25, 0.3) is 11.8 Å². The summed E-state index contributed by atoms with van der Waals surface area (Å²) < 4.78 is 5.50. The van der Waals surface area contributed by atoms with Crippen LogP contribution >= 0.6 is 11.3 Å². The predicted molar refractivity (Wildman–Crippen MR) is 140 cm³/mol. The summed E-state index contributed by atoms with van der Waals surface area (Å²) in [5.41, 5.74) is 1.01. The van der Waals surface area contributed by atoms with Crippen LogP contribution in [0.2, 0.25) is 0 Å². The van der Waals surface area contributed by atoms with Crippen LogP contribution in [0.4, 0.5) is 0 Å². The maximum Gasteiger partial charge on any atom is 0.272 e. The molecule has 2 aromatic heterocycles. The van der Waals surface area contributed by atoms with Gasteiger partial charge in [0, 0.05) is 35.8 Å². The van der Waals surface area contributed by atoms with Crippen LogP contribution in [0.1, 0.15) is 76.8 Å². The van der Waals surface area contributed by atoms with Crippen LogP contribution in [0, 0.1) is 12.3 Å². The molecule has 0 atom stereocenters. The molecule has 186 valence electrons. The zero-order valence-electron chi connectivity index (χ0n) is 20.5. The fourth-order valence-corrected chi connectivity index (χ4v) is 6.21. The minimum Gasteiger partial charge on any atom is -0.496 e. The maximum atomic E-state index is 13.2. The molecule has 2 fully saturated rings. The van der Waals surface area contributed by atoms with Crippen LogP contribution in [-0.4, -0.2) is 52.4 Å². The molecule has 1 aliphatic carbocycles. The first-order valence-corrected chi connectivity index (χ1v) is 13.4. The number of piperidine rings is 1. The van der Waals surface area contributed by atoms with Crippen molar-refractivity contribution in [3.8, 4) is 18.1 Å². The molecule has 2 amide bonds. The number of nitrogens with zero attached hydrogens (tertiary/aromatic N) is 3. The van der Waals surface area contributed by atoms with Gasteiger partial charge in [-0.25, -0.2) is 9.97 Å². The standard InChI is InChI=1S/C28H30N4O3S/c1-3-28(13-7-4-8-14-28)31-25(33)23-18-36-26(30-23)19-11-15-32(16-12-19)27(34)22-17-24(35-2)20-9-5-6-10-21(20)29-22/h1,5-6,9-10,17-19H,4,7-8,11-16H2,2H3,(H,31,33). The van der Waals surface area contributed by atoms with E-state index in [2.05, 4.69) is 21.2 Å². The highest BCUT2D eigenvalue weighted by Gasteiger charge is 2.33. The molecule has 7 nitrogen and oxygen atoms in total. The van der Waals surface area contributed by atoms with E-state index in [0.29, 0.717) is 30.2 Å². The number of fused-ring (bicyclic) bond motifs is 1. The van der Waals surface area contributed by atoms with Gasteiger partial charge in [-0.2, -0.15) is 0 Å². The van der Waals surface area contributed by atoms with Crippen molar-refractivity contribution in [2.75, 3.05) is 20.2 Å². The van der Waals surface area contributed by atoms with Gasteiger partial charge in [-0.15, -0.1) is 17.8 Å². The third kappa shape index (κ3) is 4.80. The van der Waals surface area contributed by atoms with Gasteiger partial charge in [0.2, 0.25) is 0 Å². The summed E-state index contributed by atoms with van der Waals surface area (Å²) in [5.74, 6) is 3.40. The molecule has 3 aromatic rings. The fourth-order valence-electron chi connectivity index (χ4n) is 5.23. The highest BCUT2D eigenvalue weighted by molar-refractivity contribution is 7.09. The number of para-hydroxylation sites is 1. The molecule has 2 aliphatic rings. The van der Waals surface area contributed by atoms with Gasteiger partial charge in [0.15, 0.2) is 0 Å². The van der Waals surface area contributed by atoms with E-state index < -0.39 is 5.54 Å². The molecule has 1 aromatic carbocycles. The van der Waals surface area contributed by atoms with Crippen molar-refractivity contribution in [3.05, 3.63) is 52.1 Å². The highest BCUT2D eigenvalue weighted by atomic mass is 32.1. The van der Waals surface area contributed by atoms with E-state index >= 15 is 0 Å². The van der Waals surface area contributed by atoms with Crippen LogP contribution in [0.25, 0.3) is 10.9 Å². The quantitative estimate of drug-likeness (QED) is 0.508. The van der Waals surface area contributed by atoms with Crippen molar-refractivity contribution in [1.29, 1.82) is 0 Å². The number of aromatic nitrogens is 2. The smallest absolute Gasteiger partial charge is 0.272 e. The maximum absolute atomic E-state index is 13.2. The molecule has 1 N–H and O–H groups in total. The Morgan fingerprint density at radius 3 is 2.61 bits per heavy atom. The number of ether oxygens (including phenoxy) is 1. The zero-order chi connectivity index (χ0) is 25.1. The number of terminal acetylenes is 1. The van der Waals surface area contributed by atoms with Gasteiger partial charge in [-0.1, -0.05) is 37.3 Å². The molecule has 3 heterocycles. The Balaban J connectivity index is 1.22. The van der Waals surface area contributed by atoms with Crippen molar-refractivity contribution < 1.29 is 14.3 Å². The Morgan fingerprint density at radius 2 is 1.89 bits per heavy atom. The van der Waals surface area contributed by atoms with E-state index in [0.717, 1.165) is 60.9 Å². The Bertz CT molecular complexity index is 1310.